The Kier molecular flexibility index (Phi) is 9.57. The van der Waals surface area contributed by atoms with Crippen molar-refractivity contribution in [2.24, 2.45) is 0 Å². The number of nitrogens with one attached hydrogen (secondary N) is 1. The van der Waals surface area contributed by atoms with E-state index in [2.05, 4.69) is 15.4 Å². The number of fused-ring (bicyclic) bond motifs is 1. The van der Waals surface area contributed by atoms with E-state index in [-0.39, 0.29) is 18.4 Å². The lowest BCUT2D eigenvalue weighted by Gasteiger charge is -2.28. The number of aryl methyl sites for hydroxylation is 1. The molecule has 232 valence electrons. The number of benzene rings is 2. The highest BCUT2D eigenvalue weighted by atomic mass is 32.2. The lowest BCUT2D eigenvalue weighted by molar-refractivity contribution is -0.201. The van der Waals surface area contributed by atoms with E-state index in [1.807, 2.05) is 24.3 Å². The molecule has 5 rings (SSSR count). The fourth-order valence-corrected chi connectivity index (χ4v) is 6.04. The minimum atomic E-state index is -3.93. The van der Waals surface area contributed by atoms with Crippen LogP contribution in [-0.2, 0) is 42.0 Å². The largest absolute Gasteiger partial charge is 0.379 e. The maximum Gasteiger partial charge on any atom is 0.264 e. The second-order valence-electron chi connectivity index (χ2n) is 11.3. The van der Waals surface area contributed by atoms with Gasteiger partial charge in [-0.2, -0.15) is 0 Å². The predicted molar refractivity (Wildman–Crippen MR) is 158 cm³/mol. The molecule has 0 bridgehead atoms. The van der Waals surface area contributed by atoms with Crippen molar-refractivity contribution in [2.45, 2.75) is 56.7 Å². The molecule has 3 aromatic rings. The van der Waals surface area contributed by atoms with Crippen LogP contribution in [0.4, 0.5) is 4.39 Å². The van der Waals surface area contributed by atoms with Crippen LogP contribution in [0.1, 0.15) is 38.2 Å². The number of ether oxygens (including phenoxy) is 2. The molecule has 0 spiro atoms. The fourth-order valence-electron chi connectivity index (χ4n) is 5.20. The van der Waals surface area contributed by atoms with E-state index in [1.54, 1.807) is 0 Å². The highest BCUT2D eigenvalue weighted by Crippen LogP contribution is 2.27. The summed E-state index contributed by atoms with van der Waals surface area (Å²) in [5.74, 6) is -1.44. The van der Waals surface area contributed by atoms with E-state index in [1.165, 1.54) is 23.9 Å². The molecule has 2 aromatic carbocycles. The molecule has 2 aliphatic heterocycles. The van der Waals surface area contributed by atoms with Gasteiger partial charge in [0.2, 0.25) is 0 Å². The molecule has 2 fully saturated rings. The summed E-state index contributed by atoms with van der Waals surface area (Å²) >= 11 is 0. The number of nitrogens with zero attached hydrogens (tertiary/aromatic N) is 3. The van der Waals surface area contributed by atoms with Gasteiger partial charge in [-0.05, 0) is 49.4 Å². The van der Waals surface area contributed by atoms with E-state index in [0.29, 0.717) is 42.9 Å². The van der Waals surface area contributed by atoms with Crippen LogP contribution in [-0.4, -0.2) is 79.0 Å². The Bertz CT molecular complexity index is 1620. The number of amides is 1. The predicted octanol–water partition coefficient (Wildman–Crippen LogP) is 2.80. The van der Waals surface area contributed by atoms with Gasteiger partial charge in [0.15, 0.2) is 20.9 Å². The third-order valence-electron chi connectivity index (χ3n) is 8.24. The van der Waals surface area contributed by atoms with E-state index in [0.717, 1.165) is 50.4 Å². The summed E-state index contributed by atoms with van der Waals surface area (Å²) < 4.78 is 50.8. The Morgan fingerprint density at radius 3 is 2.58 bits per heavy atom. The second-order valence-corrected chi connectivity index (χ2v) is 13.7. The smallest absolute Gasteiger partial charge is 0.264 e. The molecular formula is C30H37FN4O7S. The van der Waals surface area contributed by atoms with Crippen LogP contribution in [0.2, 0.25) is 0 Å². The van der Waals surface area contributed by atoms with Gasteiger partial charge in [0.1, 0.15) is 5.82 Å². The number of hydrogen-bond donors (Lipinski definition) is 1. The lowest BCUT2D eigenvalue weighted by Crippen LogP contribution is -2.51. The number of halogens is 1. The van der Waals surface area contributed by atoms with Crippen molar-refractivity contribution in [2.75, 3.05) is 39.2 Å². The summed E-state index contributed by atoms with van der Waals surface area (Å²) in [4.78, 5) is 38.2. The summed E-state index contributed by atoms with van der Waals surface area (Å²) in [6, 6.07) is 10.3. The molecule has 2 saturated heterocycles. The summed E-state index contributed by atoms with van der Waals surface area (Å²) in [5.41, 5.74) is 4.08. The van der Waals surface area contributed by atoms with Gasteiger partial charge in [-0.1, -0.05) is 24.3 Å². The van der Waals surface area contributed by atoms with Crippen LogP contribution >= 0.6 is 0 Å². The third kappa shape index (κ3) is 7.13. The minimum absolute atomic E-state index is 0.0518. The first-order valence-corrected chi connectivity index (χ1v) is 16.3. The van der Waals surface area contributed by atoms with Crippen LogP contribution < -0.4 is 11.0 Å². The molecule has 13 heteroatoms. The summed E-state index contributed by atoms with van der Waals surface area (Å²) in [7, 11) is -3.93. The molecule has 1 aromatic heterocycles. The van der Waals surface area contributed by atoms with Gasteiger partial charge in [-0.3, -0.25) is 19.1 Å². The van der Waals surface area contributed by atoms with E-state index < -0.39 is 38.2 Å². The molecule has 0 aliphatic carbocycles. The van der Waals surface area contributed by atoms with Crippen molar-refractivity contribution in [3.63, 3.8) is 0 Å². The van der Waals surface area contributed by atoms with Gasteiger partial charge in [0.25, 0.3) is 11.5 Å². The molecule has 3 heterocycles. The van der Waals surface area contributed by atoms with Crippen molar-refractivity contribution in [3.8, 4) is 11.1 Å². The van der Waals surface area contributed by atoms with Crippen LogP contribution in [0.5, 0.6) is 0 Å². The molecule has 1 unspecified atom stereocenters. The molecule has 43 heavy (non-hydrogen) atoms. The maximum absolute atomic E-state index is 15.3. The van der Waals surface area contributed by atoms with Crippen molar-refractivity contribution < 1.29 is 31.9 Å². The van der Waals surface area contributed by atoms with Gasteiger partial charge in [-0.15, -0.1) is 0 Å². The zero-order chi connectivity index (χ0) is 30.6. The van der Waals surface area contributed by atoms with E-state index in [9.17, 15) is 18.0 Å². The van der Waals surface area contributed by atoms with Gasteiger partial charge in [-0.25, -0.2) is 28.1 Å². The molecule has 1 amide bonds. The molecule has 0 saturated carbocycles. The number of carbonyl (C=O) groups is 1. The zero-order valence-corrected chi connectivity index (χ0v) is 25.2. The topological polar surface area (TPSA) is 129 Å². The Morgan fingerprint density at radius 1 is 1.16 bits per heavy atom. The number of hydroxylamine groups is 1. The van der Waals surface area contributed by atoms with Crippen LogP contribution in [0.25, 0.3) is 22.0 Å². The highest BCUT2D eigenvalue weighted by Gasteiger charge is 2.44. The quantitative estimate of drug-likeness (QED) is 0.342. The third-order valence-corrected chi connectivity index (χ3v) is 10.3. The minimum Gasteiger partial charge on any atom is -0.379 e. The summed E-state index contributed by atoms with van der Waals surface area (Å²) in [6.45, 7) is 5.58. The molecule has 0 radical (unpaired) electrons. The Hall–Kier alpha value is -3.23. The van der Waals surface area contributed by atoms with Crippen LogP contribution in [0.15, 0.2) is 47.5 Å². The Morgan fingerprint density at radius 2 is 1.91 bits per heavy atom. The normalized spacial score (nSPS) is 19.7. The van der Waals surface area contributed by atoms with Gasteiger partial charge >= 0.3 is 0 Å². The van der Waals surface area contributed by atoms with Crippen molar-refractivity contribution in [3.05, 3.63) is 64.5 Å². The SMILES string of the molecule is C[C@@](CCn1cnc2cc(-c3ccc(CN4CCOCC4)cc3)c(F)cc2c1=O)(C(=O)NOC1CCCCO1)S(C)(=O)=O. The molecule has 2 aliphatic rings. The van der Waals surface area contributed by atoms with E-state index in [4.69, 9.17) is 14.3 Å². The Labute approximate surface area is 249 Å². The van der Waals surface area contributed by atoms with Crippen molar-refractivity contribution in [1.29, 1.82) is 0 Å². The molecule has 1 N–H and O–H groups in total. The first kappa shape index (κ1) is 31.2. The van der Waals surface area contributed by atoms with Crippen molar-refractivity contribution >= 4 is 26.6 Å². The average Bonchev–Trinajstić information content (AvgIpc) is 3.00. The maximum atomic E-state index is 15.3. The number of morpholine rings is 1. The molecule has 2 atom stereocenters. The number of sulfone groups is 1. The first-order valence-electron chi connectivity index (χ1n) is 14.4. The number of rotatable bonds is 10. The monoisotopic (exact) mass is 616 g/mol. The van der Waals surface area contributed by atoms with Crippen molar-refractivity contribution in [1.82, 2.24) is 19.9 Å². The van der Waals surface area contributed by atoms with Gasteiger partial charge in [0.05, 0.1) is 30.4 Å². The number of aromatic nitrogens is 2. The second kappa shape index (κ2) is 13.2. The molecular weight excluding hydrogens is 579 g/mol. The van der Waals surface area contributed by atoms with Gasteiger partial charge < -0.3 is 9.47 Å². The summed E-state index contributed by atoms with van der Waals surface area (Å²) in [5, 5.41) is 0.0518. The number of hydrogen-bond acceptors (Lipinski definition) is 9. The van der Waals surface area contributed by atoms with Gasteiger partial charge in [0, 0.05) is 51.0 Å². The standard InChI is InChI=1S/C30H37FN4O7S/c1-30(43(2,38)39,29(37)33-42-27-5-3-4-14-41-27)10-11-35-20-32-26-18-23(25(31)17-24(26)28(35)36)22-8-6-21(7-9-22)19-34-12-15-40-16-13-34/h6-9,17-18,20,27H,3-5,10-16,19H2,1-2H3,(H,33,37)/t27?,30-/m1/s1. The Balaban J connectivity index is 1.31. The van der Waals surface area contributed by atoms with E-state index >= 15 is 4.39 Å². The average molecular weight is 617 g/mol. The highest BCUT2D eigenvalue weighted by molar-refractivity contribution is 7.92. The zero-order valence-electron chi connectivity index (χ0n) is 24.4. The molecule has 11 nitrogen and oxygen atoms in total. The fraction of sp³-hybridized carbons (Fsp3) is 0.500. The van der Waals surface area contributed by atoms with Crippen LogP contribution in [0, 0.1) is 5.82 Å². The summed E-state index contributed by atoms with van der Waals surface area (Å²) in [6.07, 6.45) is 3.68. The number of carbonyl (C=O) groups excluding carboxylic acids is 1. The van der Waals surface area contributed by atoms with Crippen LogP contribution in [0.3, 0.4) is 0 Å². The first-order chi connectivity index (χ1) is 20.5. The lowest BCUT2D eigenvalue weighted by atomic mass is 10.0.